The molecule has 3 N–H and O–H groups in total. The number of Topliss-reactive ketones (excluding diaryl/α,β-unsaturated/α-hetero) is 1. The maximum Gasteiger partial charge on any atom is 0.303 e. The van der Waals surface area contributed by atoms with Crippen LogP contribution in [0.3, 0.4) is 0 Å². The predicted molar refractivity (Wildman–Crippen MR) is 106 cm³/mol. The summed E-state index contributed by atoms with van der Waals surface area (Å²) in [5.74, 6) is -0.981. The lowest BCUT2D eigenvalue weighted by Crippen LogP contribution is -2.31. The number of aliphatic hydroxyl groups is 2. The summed E-state index contributed by atoms with van der Waals surface area (Å²) >= 11 is 0. The normalized spacial score (nSPS) is 24.6. The monoisotopic (exact) mass is 382 g/mol. The van der Waals surface area contributed by atoms with E-state index >= 15 is 0 Å². The zero-order valence-corrected chi connectivity index (χ0v) is 17.2. The molecule has 0 radical (unpaired) electrons. The molecule has 0 aromatic carbocycles. The summed E-state index contributed by atoms with van der Waals surface area (Å²) in [5, 5.41) is 29.5. The summed E-state index contributed by atoms with van der Waals surface area (Å²) in [6.07, 6.45) is 9.47. The lowest BCUT2D eigenvalue weighted by Gasteiger charge is -2.32. The smallest absolute Gasteiger partial charge is 0.303 e. The Hall–Kier alpha value is -1.20. The first-order valence-corrected chi connectivity index (χ1v) is 10.4. The molecule has 1 rings (SSSR count). The van der Waals surface area contributed by atoms with Crippen molar-refractivity contribution in [3.63, 3.8) is 0 Å². The van der Waals surface area contributed by atoms with Crippen molar-refractivity contribution in [1.82, 2.24) is 0 Å². The fraction of sp³-hybridized carbons (Fsp3) is 0.818. The summed E-state index contributed by atoms with van der Waals surface area (Å²) < 4.78 is 0. The zero-order valence-electron chi connectivity index (χ0n) is 17.2. The highest BCUT2D eigenvalue weighted by Gasteiger charge is 2.41. The number of ketones is 1. The Morgan fingerprint density at radius 3 is 2.63 bits per heavy atom. The largest absolute Gasteiger partial charge is 0.481 e. The Balaban J connectivity index is 2.52. The minimum absolute atomic E-state index is 0.0980. The highest BCUT2D eigenvalue weighted by atomic mass is 16.4. The second-order valence-electron chi connectivity index (χ2n) is 8.69. The second-order valence-corrected chi connectivity index (χ2v) is 8.69. The van der Waals surface area contributed by atoms with Gasteiger partial charge in [0.1, 0.15) is 5.78 Å². The minimum Gasteiger partial charge on any atom is -0.481 e. The minimum atomic E-state index is -0.791. The number of hydrogen-bond donors (Lipinski definition) is 3. The van der Waals surface area contributed by atoms with Gasteiger partial charge in [0, 0.05) is 18.8 Å². The Kier molecular flexibility index (Phi) is 10.2. The van der Waals surface area contributed by atoms with Gasteiger partial charge >= 0.3 is 5.97 Å². The van der Waals surface area contributed by atoms with Crippen molar-refractivity contribution in [2.24, 2.45) is 17.3 Å². The molecule has 0 aliphatic heterocycles. The molecular formula is C22H38O5. The van der Waals surface area contributed by atoms with Gasteiger partial charge in [-0.25, -0.2) is 0 Å². The number of carbonyl (C=O) groups is 2. The summed E-state index contributed by atoms with van der Waals surface area (Å²) in [6.45, 7) is 6.30. The average Bonchev–Trinajstić information content (AvgIpc) is 2.86. The van der Waals surface area contributed by atoms with Gasteiger partial charge in [-0.15, -0.1) is 0 Å². The highest BCUT2D eigenvalue weighted by molar-refractivity contribution is 5.84. The fourth-order valence-corrected chi connectivity index (χ4v) is 3.98. The third kappa shape index (κ3) is 8.14. The number of rotatable bonds is 13. The Labute approximate surface area is 163 Å². The van der Waals surface area contributed by atoms with Crippen LogP contribution in [0.4, 0.5) is 0 Å². The molecule has 5 heteroatoms. The zero-order chi connectivity index (χ0) is 20.4. The number of unbranched alkanes of at least 4 members (excludes halogenated alkanes) is 2. The van der Waals surface area contributed by atoms with Crippen LogP contribution in [-0.4, -0.2) is 39.3 Å². The molecule has 1 aliphatic carbocycles. The van der Waals surface area contributed by atoms with E-state index in [1.54, 1.807) is 0 Å². The van der Waals surface area contributed by atoms with Gasteiger partial charge in [0.2, 0.25) is 0 Å². The molecule has 1 aliphatic rings. The van der Waals surface area contributed by atoms with Crippen LogP contribution in [0.2, 0.25) is 0 Å². The van der Waals surface area contributed by atoms with Gasteiger partial charge in [0.15, 0.2) is 0 Å². The van der Waals surface area contributed by atoms with Gasteiger partial charge in [0.05, 0.1) is 12.2 Å². The van der Waals surface area contributed by atoms with Gasteiger partial charge in [-0.1, -0.05) is 45.8 Å². The van der Waals surface area contributed by atoms with Crippen molar-refractivity contribution >= 4 is 11.8 Å². The molecule has 1 saturated carbocycles. The number of allylic oxidation sites excluding steroid dienone is 2. The number of hydrogen-bond acceptors (Lipinski definition) is 4. The van der Waals surface area contributed by atoms with Crippen LogP contribution in [0.15, 0.2) is 12.2 Å². The van der Waals surface area contributed by atoms with E-state index in [0.29, 0.717) is 32.1 Å². The molecule has 156 valence electrons. The molecule has 0 aromatic heterocycles. The number of carbonyl (C=O) groups excluding carboxylic acids is 1. The summed E-state index contributed by atoms with van der Waals surface area (Å²) in [6, 6.07) is 0. The van der Waals surface area contributed by atoms with E-state index in [2.05, 4.69) is 20.8 Å². The van der Waals surface area contributed by atoms with E-state index in [1.165, 1.54) is 0 Å². The maximum atomic E-state index is 12.3. The first-order valence-electron chi connectivity index (χ1n) is 10.4. The van der Waals surface area contributed by atoms with E-state index in [4.69, 9.17) is 5.11 Å². The summed E-state index contributed by atoms with van der Waals surface area (Å²) in [4.78, 5) is 22.8. The molecule has 1 fully saturated rings. The number of carboxylic acids is 1. The molecule has 0 amide bonds. The van der Waals surface area contributed by atoms with Crippen LogP contribution < -0.4 is 0 Å². The molecule has 0 unspecified atom stereocenters. The van der Waals surface area contributed by atoms with Gasteiger partial charge in [-0.2, -0.15) is 0 Å². The molecule has 27 heavy (non-hydrogen) atoms. The van der Waals surface area contributed by atoms with Crippen molar-refractivity contribution in [1.29, 1.82) is 0 Å². The molecular weight excluding hydrogens is 344 g/mol. The van der Waals surface area contributed by atoms with Crippen molar-refractivity contribution in [3.05, 3.63) is 12.2 Å². The molecule has 5 nitrogen and oxygen atoms in total. The lowest BCUT2D eigenvalue weighted by molar-refractivity contribution is -0.137. The fourth-order valence-electron chi connectivity index (χ4n) is 3.98. The number of aliphatic carboxylic acids is 1. The van der Waals surface area contributed by atoms with E-state index < -0.39 is 18.2 Å². The third-order valence-electron chi connectivity index (χ3n) is 6.00. The van der Waals surface area contributed by atoms with Crippen LogP contribution in [0, 0.1) is 17.3 Å². The quantitative estimate of drug-likeness (QED) is 0.329. The lowest BCUT2D eigenvalue weighted by atomic mass is 9.77. The predicted octanol–water partition coefficient (Wildman–Crippen LogP) is 4.11. The van der Waals surface area contributed by atoms with Crippen molar-refractivity contribution in [3.8, 4) is 0 Å². The van der Waals surface area contributed by atoms with Crippen molar-refractivity contribution < 1.29 is 24.9 Å². The first-order chi connectivity index (χ1) is 12.7. The maximum absolute atomic E-state index is 12.3. The van der Waals surface area contributed by atoms with Gasteiger partial charge in [0.25, 0.3) is 0 Å². The van der Waals surface area contributed by atoms with Crippen LogP contribution in [0.5, 0.6) is 0 Å². The Bertz CT molecular complexity index is 497. The molecule has 0 aromatic rings. The van der Waals surface area contributed by atoms with E-state index in [9.17, 15) is 19.8 Å². The number of aliphatic hydroxyl groups excluding tert-OH is 2. The number of carboxylic acid groups (broad SMARTS) is 1. The van der Waals surface area contributed by atoms with E-state index in [0.717, 1.165) is 19.3 Å². The Morgan fingerprint density at radius 2 is 2.00 bits per heavy atom. The van der Waals surface area contributed by atoms with Crippen molar-refractivity contribution in [2.75, 3.05) is 0 Å². The first kappa shape index (κ1) is 23.8. The topological polar surface area (TPSA) is 94.8 Å². The van der Waals surface area contributed by atoms with Gasteiger partial charge < -0.3 is 15.3 Å². The van der Waals surface area contributed by atoms with Crippen molar-refractivity contribution in [2.45, 2.75) is 97.2 Å². The van der Waals surface area contributed by atoms with Gasteiger partial charge in [-0.05, 0) is 49.9 Å². The SMILES string of the molecule is CCCCC(C)(C)[C@H](O)CC[C@H]1C(=O)C[C@@H](O)[C@H]1C/C=C\CCCC(=O)O. The molecule has 0 heterocycles. The molecule has 0 spiro atoms. The molecule has 0 saturated heterocycles. The van der Waals surface area contributed by atoms with E-state index in [-0.39, 0.29) is 35.9 Å². The summed E-state index contributed by atoms with van der Waals surface area (Å²) in [5.41, 5.74) is -0.157. The third-order valence-corrected chi connectivity index (χ3v) is 6.00. The van der Waals surface area contributed by atoms with Crippen LogP contribution in [-0.2, 0) is 9.59 Å². The summed E-state index contributed by atoms with van der Waals surface area (Å²) in [7, 11) is 0. The van der Waals surface area contributed by atoms with Crippen LogP contribution in [0.25, 0.3) is 0 Å². The van der Waals surface area contributed by atoms with Gasteiger partial charge in [-0.3, -0.25) is 9.59 Å². The molecule has 0 bridgehead atoms. The van der Waals surface area contributed by atoms with Crippen LogP contribution in [0.1, 0.15) is 85.0 Å². The average molecular weight is 383 g/mol. The second kappa shape index (κ2) is 11.6. The standard InChI is InChI=1S/C22H38O5/c1-4-5-14-22(2,3)20(25)13-12-17-16(18(23)15-19(17)24)10-8-6-7-9-11-21(26)27/h6,8,16-18,20,23,25H,4-5,7,9-15H2,1-3H3,(H,26,27)/b8-6-/t16-,17+,18+,20+/m0/s1. The van der Waals surface area contributed by atoms with E-state index in [1.807, 2.05) is 12.2 Å². The molecule has 4 atom stereocenters. The highest BCUT2D eigenvalue weighted by Crippen LogP contribution is 2.38. The van der Waals surface area contributed by atoms with Crippen LogP contribution >= 0.6 is 0 Å². The Morgan fingerprint density at radius 1 is 1.30 bits per heavy atom.